The van der Waals surface area contributed by atoms with Crippen LogP contribution >= 0.6 is 15.9 Å². The first-order chi connectivity index (χ1) is 7.42. The van der Waals surface area contributed by atoms with Gasteiger partial charge < -0.3 is 0 Å². The highest BCUT2D eigenvalue weighted by molar-refractivity contribution is 9.09. The predicted octanol–water partition coefficient (Wildman–Crippen LogP) is 3.84. The van der Waals surface area contributed by atoms with Gasteiger partial charge in [0.2, 0.25) is 0 Å². The van der Waals surface area contributed by atoms with E-state index in [1.165, 1.54) is 30.5 Å². The van der Waals surface area contributed by atoms with Crippen LogP contribution in [0.1, 0.15) is 36.4 Å². The van der Waals surface area contributed by atoms with Gasteiger partial charge in [0.25, 0.3) is 0 Å². The Labute approximate surface area is 99.7 Å². The van der Waals surface area contributed by atoms with Crippen molar-refractivity contribution in [3.8, 4) is 0 Å². The van der Waals surface area contributed by atoms with Crippen molar-refractivity contribution in [1.29, 1.82) is 0 Å². The molecule has 2 rings (SSSR count). The molecule has 1 heterocycles. The Morgan fingerprint density at radius 2 is 2.47 bits per heavy atom. The first-order valence-corrected chi connectivity index (χ1v) is 6.70. The lowest BCUT2D eigenvalue weighted by Crippen LogP contribution is -2.09. The first kappa shape index (κ1) is 10.9. The van der Waals surface area contributed by atoms with Crippen molar-refractivity contribution in [1.82, 2.24) is 4.98 Å². The van der Waals surface area contributed by atoms with Gasteiger partial charge in [-0.05, 0) is 37.3 Å². The van der Waals surface area contributed by atoms with Crippen LogP contribution in [0.4, 0.5) is 0 Å². The molecule has 80 valence electrons. The molecule has 0 saturated heterocycles. The van der Waals surface area contributed by atoms with E-state index in [9.17, 15) is 0 Å². The Bertz CT molecular complexity index is 346. The number of fused-ring (bicyclic) bond motifs is 1. The molecule has 1 aliphatic rings. The maximum Gasteiger partial charge on any atom is 0.0504 e. The average Bonchev–Trinajstić information content (AvgIpc) is 2.30. The van der Waals surface area contributed by atoms with E-state index < -0.39 is 0 Å². The Morgan fingerprint density at radius 3 is 3.33 bits per heavy atom. The summed E-state index contributed by atoms with van der Waals surface area (Å²) in [4.78, 5) is 4.52. The number of hydrogen-bond donors (Lipinski definition) is 0. The van der Waals surface area contributed by atoms with E-state index in [4.69, 9.17) is 0 Å². The van der Waals surface area contributed by atoms with Crippen molar-refractivity contribution in [2.45, 2.75) is 31.6 Å². The second-order valence-electron chi connectivity index (χ2n) is 3.95. The number of rotatable bonds is 3. The van der Waals surface area contributed by atoms with Gasteiger partial charge in [0.05, 0.1) is 5.69 Å². The Hall–Kier alpha value is -0.630. The Morgan fingerprint density at radius 1 is 1.53 bits per heavy atom. The smallest absolute Gasteiger partial charge is 0.0504 e. The largest absolute Gasteiger partial charge is 0.260 e. The van der Waals surface area contributed by atoms with Gasteiger partial charge in [-0.25, -0.2) is 0 Å². The summed E-state index contributed by atoms with van der Waals surface area (Å²) in [5.41, 5.74) is 2.74. The number of pyridine rings is 1. The second-order valence-corrected chi connectivity index (χ2v) is 4.75. The van der Waals surface area contributed by atoms with Crippen molar-refractivity contribution in [3.05, 3.63) is 41.7 Å². The molecule has 0 aromatic carbocycles. The molecule has 1 nitrogen and oxygen atoms in total. The molecule has 1 aromatic heterocycles. The maximum atomic E-state index is 4.52. The maximum absolute atomic E-state index is 4.52. The van der Waals surface area contributed by atoms with Gasteiger partial charge >= 0.3 is 0 Å². The molecule has 0 N–H and O–H groups in total. The molecule has 1 aromatic rings. The van der Waals surface area contributed by atoms with Crippen molar-refractivity contribution in [3.63, 3.8) is 0 Å². The second kappa shape index (κ2) is 5.45. The van der Waals surface area contributed by atoms with Crippen molar-refractivity contribution in [2.75, 3.05) is 5.33 Å². The minimum Gasteiger partial charge on any atom is -0.260 e. The van der Waals surface area contributed by atoms with Crippen LogP contribution in [0.25, 0.3) is 0 Å². The lowest BCUT2D eigenvalue weighted by atomic mass is 9.86. The topological polar surface area (TPSA) is 12.9 Å². The van der Waals surface area contributed by atoms with Gasteiger partial charge in [0.15, 0.2) is 0 Å². The summed E-state index contributed by atoms with van der Waals surface area (Å²) in [5.74, 6) is 0.550. The molecule has 0 radical (unpaired) electrons. The van der Waals surface area contributed by atoms with Gasteiger partial charge in [-0.3, -0.25) is 4.98 Å². The molecule has 0 saturated carbocycles. The molecule has 0 aliphatic heterocycles. The van der Waals surface area contributed by atoms with E-state index in [-0.39, 0.29) is 0 Å². The van der Waals surface area contributed by atoms with Crippen LogP contribution in [0.5, 0.6) is 0 Å². The number of aryl methyl sites for hydroxylation is 1. The quantitative estimate of drug-likeness (QED) is 0.598. The highest BCUT2D eigenvalue weighted by Crippen LogP contribution is 2.30. The summed E-state index contributed by atoms with van der Waals surface area (Å²) < 4.78 is 0. The fourth-order valence-electron chi connectivity index (χ4n) is 2.16. The number of aromatic nitrogens is 1. The third kappa shape index (κ3) is 2.69. The summed E-state index contributed by atoms with van der Waals surface area (Å²) in [6.07, 6.45) is 11.4. The number of hydrogen-bond acceptors (Lipinski definition) is 1. The number of allylic oxidation sites excluding steroid dienone is 2. The molecule has 0 spiro atoms. The fourth-order valence-corrected chi connectivity index (χ4v) is 2.42. The van der Waals surface area contributed by atoms with Crippen molar-refractivity contribution in [2.24, 2.45) is 0 Å². The van der Waals surface area contributed by atoms with E-state index in [1.807, 2.05) is 12.3 Å². The number of nitrogens with zero attached hydrogens (tertiary/aromatic N) is 1. The number of alkyl halides is 1. The predicted molar refractivity (Wildman–Crippen MR) is 67.5 cm³/mol. The van der Waals surface area contributed by atoms with Crippen molar-refractivity contribution < 1.29 is 0 Å². The number of halogens is 1. The molecule has 2 heteroatoms. The van der Waals surface area contributed by atoms with E-state index in [0.717, 1.165) is 11.8 Å². The van der Waals surface area contributed by atoms with Crippen LogP contribution in [-0.2, 0) is 6.42 Å². The van der Waals surface area contributed by atoms with Gasteiger partial charge in [-0.1, -0.05) is 34.1 Å². The van der Waals surface area contributed by atoms with E-state index in [2.05, 4.69) is 39.1 Å². The van der Waals surface area contributed by atoms with Crippen LogP contribution in [-0.4, -0.2) is 10.3 Å². The summed E-state index contributed by atoms with van der Waals surface area (Å²) >= 11 is 3.44. The SMILES string of the molecule is BrCCC=CC1CCCc2cccnc21. The van der Waals surface area contributed by atoms with Crippen LogP contribution in [0.2, 0.25) is 0 Å². The molecule has 0 amide bonds. The monoisotopic (exact) mass is 265 g/mol. The molecule has 0 bridgehead atoms. The fraction of sp³-hybridized carbons (Fsp3) is 0.462. The zero-order valence-corrected chi connectivity index (χ0v) is 10.4. The highest BCUT2D eigenvalue weighted by atomic mass is 79.9. The lowest BCUT2D eigenvalue weighted by molar-refractivity contribution is 0.610. The molecule has 1 aliphatic carbocycles. The first-order valence-electron chi connectivity index (χ1n) is 5.58. The summed E-state index contributed by atoms with van der Waals surface area (Å²) in [5, 5.41) is 1.05. The lowest BCUT2D eigenvalue weighted by Gasteiger charge is -2.21. The van der Waals surface area contributed by atoms with Crippen LogP contribution < -0.4 is 0 Å². The minimum atomic E-state index is 0.550. The third-order valence-electron chi connectivity index (χ3n) is 2.88. The van der Waals surface area contributed by atoms with Crippen LogP contribution in [0.3, 0.4) is 0 Å². The van der Waals surface area contributed by atoms with E-state index in [1.54, 1.807) is 0 Å². The van der Waals surface area contributed by atoms with E-state index in [0.29, 0.717) is 5.92 Å². The average molecular weight is 266 g/mol. The van der Waals surface area contributed by atoms with E-state index >= 15 is 0 Å². The standard InChI is InChI=1S/C13H16BrN/c14-9-2-1-5-11-6-3-7-12-8-4-10-15-13(11)12/h1,4-5,8,10-11H,2-3,6-7,9H2. The third-order valence-corrected chi connectivity index (χ3v) is 3.34. The van der Waals surface area contributed by atoms with Gasteiger partial charge in [-0.15, -0.1) is 0 Å². The normalized spacial score (nSPS) is 20.5. The molecule has 1 unspecified atom stereocenters. The minimum absolute atomic E-state index is 0.550. The molecule has 1 atom stereocenters. The zero-order chi connectivity index (χ0) is 10.5. The van der Waals surface area contributed by atoms with Gasteiger partial charge in [0.1, 0.15) is 0 Å². The summed E-state index contributed by atoms with van der Waals surface area (Å²) in [6, 6.07) is 4.26. The van der Waals surface area contributed by atoms with Crippen LogP contribution in [0.15, 0.2) is 30.5 Å². The zero-order valence-electron chi connectivity index (χ0n) is 8.82. The van der Waals surface area contributed by atoms with Gasteiger partial charge in [-0.2, -0.15) is 0 Å². The molecular weight excluding hydrogens is 250 g/mol. The molecular formula is C13H16BrN. The van der Waals surface area contributed by atoms with Gasteiger partial charge in [0, 0.05) is 17.4 Å². The summed E-state index contributed by atoms with van der Waals surface area (Å²) in [7, 11) is 0. The molecule has 0 fully saturated rings. The van der Waals surface area contributed by atoms with Crippen LogP contribution in [0, 0.1) is 0 Å². The summed E-state index contributed by atoms with van der Waals surface area (Å²) in [6.45, 7) is 0. The highest BCUT2D eigenvalue weighted by Gasteiger charge is 2.18. The van der Waals surface area contributed by atoms with Crippen molar-refractivity contribution >= 4 is 15.9 Å². The Balaban J connectivity index is 2.15. The Kier molecular flexibility index (Phi) is 3.95. The molecule has 15 heavy (non-hydrogen) atoms.